The Balaban J connectivity index is 2.20. The molecule has 108 valence electrons. The molecular weight excluding hydrogens is 305 g/mol. The molecule has 0 saturated heterocycles. The molecule has 0 bridgehead atoms. The lowest BCUT2D eigenvalue weighted by atomic mass is 10.2. The van der Waals surface area contributed by atoms with Gasteiger partial charge in [0, 0.05) is 30.5 Å². The Morgan fingerprint density at radius 3 is 2.43 bits per heavy atom. The Morgan fingerprint density at radius 1 is 1.10 bits per heavy atom. The molecule has 0 N–H and O–H groups in total. The number of anilines is 1. The second-order valence-electron chi connectivity index (χ2n) is 5.04. The van der Waals surface area contributed by atoms with E-state index in [4.69, 9.17) is 23.2 Å². The van der Waals surface area contributed by atoms with Crippen LogP contribution in [0.25, 0.3) is 16.7 Å². The van der Waals surface area contributed by atoms with Gasteiger partial charge in [-0.1, -0.05) is 11.6 Å². The van der Waals surface area contributed by atoms with Crippen molar-refractivity contribution in [1.29, 1.82) is 0 Å². The fourth-order valence-corrected chi connectivity index (χ4v) is 2.72. The molecular formula is C16H15Cl2N3. The van der Waals surface area contributed by atoms with E-state index in [2.05, 4.69) is 34.1 Å². The van der Waals surface area contributed by atoms with Crippen molar-refractivity contribution in [2.45, 2.75) is 5.88 Å². The number of alkyl halides is 1. The Kier molecular flexibility index (Phi) is 3.79. The van der Waals surface area contributed by atoms with Crippen molar-refractivity contribution >= 4 is 39.9 Å². The molecule has 0 amide bonds. The van der Waals surface area contributed by atoms with E-state index in [1.54, 1.807) is 0 Å². The summed E-state index contributed by atoms with van der Waals surface area (Å²) in [5, 5.41) is 0.690. The van der Waals surface area contributed by atoms with Crippen LogP contribution in [0, 0.1) is 0 Å². The fraction of sp³-hybridized carbons (Fsp3) is 0.188. The first-order valence-corrected chi connectivity index (χ1v) is 7.52. The molecule has 0 aliphatic carbocycles. The predicted octanol–water partition coefficient (Wildman–Crippen LogP) is 4.48. The highest BCUT2D eigenvalue weighted by molar-refractivity contribution is 6.31. The number of nitrogens with zero attached hydrogens (tertiary/aromatic N) is 3. The van der Waals surface area contributed by atoms with E-state index < -0.39 is 0 Å². The number of benzene rings is 2. The van der Waals surface area contributed by atoms with Gasteiger partial charge in [0.15, 0.2) is 0 Å². The van der Waals surface area contributed by atoms with E-state index in [0.29, 0.717) is 10.9 Å². The lowest BCUT2D eigenvalue weighted by Gasteiger charge is -2.14. The summed E-state index contributed by atoms with van der Waals surface area (Å²) in [6.45, 7) is 0. The van der Waals surface area contributed by atoms with Crippen LogP contribution >= 0.6 is 23.2 Å². The van der Waals surface area contributed by atoms with E-state index in [1.165, 1.54) is 0 Å². The number of hydrogen-bond acceptors (Lipinski definition) is 2. The first-order chi connectivity index (χ1) is 10.1. The van der Waals surface area contributed by atoms with Crippen LogP contribution in [0.15, 0.2) is 42.5 Å². The van der Waals surface area contributed by atoms with Crippen LogP contribution in [0.4, 0.5) is 5.69 Å². The Hall–Kier alpha value is -1.71. The average Bonchev–Trinajstić information content (AvgIpc) is 2.85. The third-order valence-electron chi connectivity index (χ3n) is 3.43. The average molecular weight is 320 g/mol. The van der Waals surface area contributed by atoms with E-state index in [-0.39, 0.29) is 0 Å². The minimum atomic E-state index is 0.349. The van der Waals surface area contributed by atoms with Crippen LogP contribution in [-0.2, 0) is 5.88 Å². The Morgan fingerprint density at radius 2 is 1.81 bits per heavy atom. The minimum Gasteiger partial charge on any atom is -0.378 e. The van der Waals surface area contributed by atoms with Gasteiger partial charge in [-0.25, -0.2) is 4.98 Å². The molecule has 1 aromatic heterocycles. The lowest BCUT2D eigenvalue weighted by Crippen LogP contribution is -2.08. The fourth-order valence-electron chi connectivity index (χ4n) is 2.38. The van der Waals surface area contributed by atoms with Crippen LogP contribution in [0.2, 0.25) is 5.02 Å². The maximum absolute atomic E-state index is 6.12. The normalized spacial score (nSPS) is 11.0. The number of halogens is 2. The molecule has 0 aliphatic heterocycles. The number of aromatic nitrogens is 2. The standard InChI is InChI=1S/C16H15Cl2N3/c1-20(2)12-4-6-13(7-5-12)21-15-9-11(18)3-8-14(15)19-16(21)10-17/h3-9H,10H2,1-2H3. The highest BCUT2D eigenvalue weighted by Gasteiger charge is 2.12. The zero-order valence-corrected chi connectivity index (χ0v) is 13.4. The van der Waals surface area contributed by atoms with Crippen LogP contribution in [0.1, 0.15) is 5.82 Å². The van der Waals surface area contributed by atoms with Gasteiger partial charge < -0.3 is 4.90 Å². The molecule has 1 heterocycles. The highest BCUT2D eigenvalue weighted by Crippen LogP contribution is 2.26. The van der Waals surface area contributed by atoms with E-state index in [9.17, 15) is 0 Å². The molecule has 0 unspecified atom stereocenters. The molecule has 3 rings (SSSR count). The van der Waals surface area contributed by atoms with Gasteiger partial charge in [0.25, 0.3) is 0 Å². The second kappa shape index (κ2) is 5.58. The minimum absolute atomic E-state index is 0.349. The molecule has 2 aromatic carbocycles. The largest absolute Gasteiger partial charge is 0.378 e. The van der Waals surface area contributed by atoms with Crippen molar-refractivity contribution in [2.24, 2.45) is 0 Å². The smallest absolute Gasteiger partial charge is 0.129 e. The van der Waals surface area contributed by atoms with Gasteiger partial charge in [0.05, 0.1) is 16.9 Å². The van der Waals surface area contributed by atoms with Crippen molar-refractivity contribution in [3.63, 3.8) is 0 Å². The second-order valence-corrected chi connectivity index (χ2v) is 5.74. The molecule has 0 radical (unpaired) electrons. The van der Waals surface area contributed by atoms with Crippen LogP contribution in [-0.4, -0.2) is 23.6 Å². The zero-order chi connectivity index (χ0) is 15.0. The first-order valence-electron chi connectivity index (χ1n) is 6.61. The molecule has 21 heavy (non-hydrogen) atoms. The van der Waals surface area contributed by atoms with E-state index in [1.807, 2.05) is 36.9 Å². The summed E-state index contributed by atoms with van der Waals surface area (Å²) in [6.07, 6.45) is 0. The Bertz CT molecular complexity index is 776. The number of rotatable bonds is 3. The molecule has 3 aromatic rings. The maximum atomic E-state index is 6.12. The Labute approximate surface area is 133 Å². The van der Waals surface area contributed by atoms with Gasteiger partial charge in [-0.05, 0) is 42.5 Å². The molecule has 0 saturated carbocycles. The van der Waals surface area contributed by atoms with Crippen molar-refractivity contribution in [3.05, 3.63) is 53.3 Å². The number of fused-ring (bicyclic) bond motifs is 1. The summed E-state index contributed by atoms with van der Waals surface area (Å²) >= 11 is 12.2. The van der Waals surface area contributed by atoms with E-state index >= 15 is 0 Å². The predicted molar refractivity (Wildman–Crippen MR) is 90.0 cm³/mol. The van der Waals surface area contributed by atoms with Crippen molar-refractivity contribution < 1.29 is 0 Å². The monoisotopic (exact) mass is 319 g/mol. The van der Waals surface area contributed by atoms with E-state index in [0.717, 1.165) is 28.2 Å². The van der Waals surface area contributed by atoms with Crippen molar-refractivity contribution in [3.8, 4) is 5.69 Å². The number of hydrogen-bond donors (Lipinski definition) is 0. The first kappa shape index (κ1) is 14.2. The van der Waals surface area contributed by atoms with Crippen molar-refractivity contribution in [1.82, 2.24) is 9.55 Å². The van der Waals surface area contributed by atoms with Crippen LogP contribution < -0.4 is 4.90 Å². The van der Waals surface area contributed by atoms with Crippen LogP contribution in [0.3, 0.4) is 0 Å². The summed E-state index contributed by atoms with van der Waals surface area (Å²) in [7, 11) is 4.04. The summed E-state index contributed by atoms with van der Waals surface area (Å²) in [6, 6.07) is 13.9. The lowest BCUT2D eigenvalue weighted by molar-refractivity contribution is 0.980. The van der Waals surface area contributed by atoms with Crippen molar-refractivity contribution in [2.75, 3.05) is 19.0 Å². The van der Waals surface area contributed by atoms with Gasteiger partial charge in [0.1, 0.15) is 5.82 Å². The number of imidazole rings is 1. The summed E-state index contributed by atoms with van der Waals surface area (Å²) in [5.41, 5.74) is 4.04. The quantitative estimate of drug-likeness (QED) is 0.663. The molecule has 0 spiro atoms. The topological polar surface area (TPSA) is 21.1 Å². The maximum Gasteiger partial charge on any atom is 0.129 e. The van der Waals surface area contributed by atoms with Gasteiger partial charge in [-0.2, -0.15) is 0 Å². The summed E-state index contributed by atoms with van der Waals surface area (Å²) < 4.78 is 2.05. The highest BCUT2D eigenvalue weighted by atomic mass is 35.5. The zero-order valence-electron chi connectivity index (χ0n) is 11.8. The summed E-state index contributed by atoms with van der Waals surface area (Å²) in [4.78, 5) is 6.63. The van der Waals surface area contributed by atoms with Gasteiger partial charge in [-0.15, -0.1) is 11.6 Å². The van der Waals surface area contributed by atoms with Gasteiger partial charge in [0.2, 0.25) is 0 Å². The summed E-state index contributed by atoms with van der Waals surface area (Å²) in [5.74, 6) is 1.16. The van der Waals surface area contributed by atoms with Gasteiger partial charge >= 0.3 is 0 Å². The third kappa shape index (κ3) is 2.59. The molecule has 0 aliphatic rings. The molecule has 0 fully saturated rings. The van der Waals surface area contributed by atoms with Gasteiger partial charge in [-0.3, -0.25) is 4.57 Å². The molecule has 5 heteroatoms. The third-order valence-corrected chi connectivity index (χ3v) is 3.90. The van der Waals surface area contributed by atoms with Crippen LogP contribution in [0.5, 0.6) is 0 Å². The molecule has 3 nitrogen and oxygen atoms in total. The SMILES string of the molecule is CN(C)c1ccc(-n2c(CCl)nc3ccc(Cl)cc32)cc1. The molecule has 0 atom stereocenters.